The molecule has 3 aromatic rings. The van der Waals surface area contributed by atoms with Crippen LogP contribution in [0.5, 0.6) is 0 Å². The Labute approximate surface area is 139 Å². The lowest BCUT2D eigenvalue weighted by Crippen LogP contribution is -2.26. The third-order valence-electron chi connectivity index (χ3n) is 3.37. The van der Waals surface area contributed by atoms with E-state index < -0.39 is 18.2 Å². The summed E-state index contributed by atoms with van der Waals surface area (Å²) in [5, 5.41) is 2.84. The number of aromatic nitrogens is 1. The van der Waals surface area contributed by atoms with Crippen LogP contribution in [0.3, 0.4) is 0 Å². The number of hydrogen-bond donors (Lipinski definition) is 0. The number of fused-ring (bicyclic) bond motifs is 1. The van der Waals surface area contributed by atoms with E-state index in [-0.39, 0.29) is 10.6 Å². The van der Waals surface area contributed by atoms with Gasteiger partial charge in [-0.2, -0.15) is 13.2 Å². The molecule has 7 heteroatoms. The predicted molar refractivity (Wildman–Crippen MR) is 85.0 cm³/mol. The Morgan fingerprint density at radius 1 is 1.17 bits per heavy atom. The maximum absolute atomic E-state index is 13.2. The minimum absolute atomic E-state index is 0.0660. The number of carbonyl (C=O) groups is 1. The summed E-state index contributed by atoms with van der Waals surface area (Å²) in [6.45, 7) is 1.58. The second-order valence-electron chi connectivity index (χ2n) is 5.22. The van der Waals surface area contributed by atoms with Gasteiger partial charge in [0.1, 0.15) is 5.01 Å². The number of aryl methyl sites for hydroxylation is 1. The predicted octanol–water partition coefficient (Wildman–Crippen LogP) is 5.07. The molecule has 2 aromatic carbocycles. The molecule has 1 heterocycles. The molecule has 0 saturated carbocycles. The van der Waals surface area contributed by atoms with Gasteiger partial charge in [-0.25, -0.2) is 9.78 Å². The average molecular weight is 351 g/mol. The summed E-state index contributed by atoms with van der Waals surface area (Å²) < 4.78 is 44.4. The number of rotatable bonds is 3. The molecule has 124 valence electrons. The van der Waals surface area contributed by atoms with Crippen molar-refractivity contribution >= 4 is 28.1 Å². The number of benzene rings is 2. The van der Waals surface area contributed by atoms with Gasteiger partial charge < -0.3 is 4.74 Å². The zero-order valence-electron chi connectivity index (χ0n) is 12.5. The van der Waals surface area contributed by atoms with Crippen molar-refractivity contribution in [2.75, 3.05) is 0 Å². The van der Waals surface area contributed by atoms with Crippen LogP contribution in [0, 0.1) is 6.92 Å². The second-order valence-corrected chi connectivity index (χ2v) is 6.11. The molecule has 0 aliphatic heterocycles. The van der Waals surface area contributed by atoms with Gasteiger partial charge in [-0.1, -0.05) is 30.3 Å². The van der Waals surface area contributed by atoms with Crippen LogP contribution in [-0.2, 0) is 4.74 Å². The number of halogens is 3. The van der Waals surface area contributed by atoms with E-state index in [1.807, 2.05) is 12.1 Å². The standard InChI is InChI=1S/C17H12F3NO2S/c1-10-9-24-15(21-10)14(17(18,19)20)23-16(22)13-7-6-11-4-2-3-5-12(11)8-13/h2-9,14H,1H3. The largest absolute Gasteiger partial charge is 0.442 e. The lowest BCUT2D eigenvalue weighted by Gasteiger charge is -2.18. The molecule has 0 fully saturated rings. The van der Waals surface area contributed by atoms with E-state index in [2.05, 4.69) is 4.98 Å². The number of carbonyl (C=O) groups excluding carboxylic acids is 1. The van der Waals surface area contributed by atoms with Crippen LogP contribution >= 0.6 is 11.3 Å². The fourth-order valence-electron chi connectivity index (χ4n) is 2.24. The smallest absolute Gasteiger partial charge is 0.432 e. The summed E-state index contributed by atoms with van der Waals surface area (Å²) in [6.07, 6.45) is -7.09. The third-order valence-corrected chi connectivity index (χ3v) is 4.37. The zero-order chi connectivity index (χ0) is 17.3. The van der Waals surface area contributed by atoms with Crippen LogP contribution in [0.2, 0.25) is 0 Å². The van der Waals surface area contributed by atoms with Crippen molar-refractivity contribution in [1.82, 2.24) is 4.98 Å². The molecular weight excluding hydrogens is 339 g/mol. The molecule has 1 atom stereocenters. The van der Waals surface area contributed by atoms with Crippen LogP contribution in [0.25, 0.3) is 10.8 Å². The molecule has 1 unspecified atom stereocenters. The minimum Gasteiger partial charge on any atom is -0.442 e. The van der Waals surface area contributed by atoms with E-state index in [4.69, 9.17) is 4.74 Å². The van der Waals surface area contributed by atoms with Gasteiger partial charge in [0.25, 0.3) is 0 Å². The van der Waals surface area contributed by atoms with Gasteiger partial charge in [-0.15, -0.1) is 11.3 Å². The topological polar surface area (TPSA) is 39.2 Å². The molecule has 0 N–H and O–H groups in total. The molecule has 24 heavy (non-hydrogen) atoms. The van der Waals surface area contributed by atoms with E-state index in [0.717, 1.165) is 22.1 Å². The SMILES string of the molecule is Cc1csc(C(OC(=O)c2ccc3ccccc3c2)C(F)(F)F)n1. The van der Waals surface area contributed by atoms with Crippen LogP contribution in [0.4, 0.5) is 13.2 Å². The Morgan fingerprint density at radius 2 is 1.88 bits per heavy atom. The van der Waals surface area contributed by atoms with Gasteiger partial charge in [0.15, 0.2) is 0 Å². The molecule has 0 bridgehead atoms. The van der Waals surface area contributed by atoms with Gasteiger partial charge in [0.05, 0.1) is 5.56 Å². The molecule has 0 aliphatic carbocycles. The maximum atomic E-state index is 13.2. The first-order valence-electron chi connectivity index (χ1n) is 7.03. The van der Waals surface area contributed by atoms with Crippen LogP contribution < -0.4 is 0 Å². The van der Waals surface area contributed by atoms with Gasteiger partial charge in [0.2, 0.25) is 6.10 Å². The second kappa shape index (κ2) is 6.24. The first-order chi connectivity index (χ1) is 11.3. The van der Waals surface area contributed by atoms with Gasteiger partial charge in [0, 0.05) is 11.1 Å². The first kappa shape index (κ1) is 16.4. The lowest BCUT2D eigenvalue weighted by molar-refractivity contribution is -0.207. The molecule has 3 rings (SSSR count). The van der Waals surface area contributed by atoms with Crippen molar-refractivity contribution in [3.8, 4) is 0 Å². The molecule has 0 aliphatic rings. The van der Waals surface area contributed by atoms with E-state index in [0.29, 0.717) is 5.69 Å². The number of nitrogens with zero attached hydrogens (tertiary/aromatic N) is 1. The minimum atomic E-state index is -4.73. The van der Waals surface area contributed by atoms with Crippen molar-refractivity contribution in [3.05, 3.63) is 64.1 Å². The van der Waals surface area contributed by atoms with E-state index in [9.17, 15) is 18.0 Å². The summed E-state index contributed by atoms with van der Waals surface area (Å²) in [5.74, 6) is -1.03. The molecular formula is C17H12F3NO2S. The fraction of sp³-hybridized carbons (Fsp3) is 0.176. The van der Waals surface area contributed by atoms with Crippen molar-refractivity contribution in [1.29, 1.82) is 0 Å². The molecule has 3 nitrogen and oxygen atoms in total. The highest BCUT2D eigenvalue weighted by Crippen LogP contribution is 2.38. The molecule has 0 radical (unpaired) electrons. The highest BCUT2D eigenvalue weighted by molar-refractivity contribution is 7.09. The lowest BCUT2D eigenvalue weighted by atomic mass is 10.1. The number of thiazole rings is 1. The quantitative estimate of drug-likeness (QED) is 0.619. The molecule has 1 aromatic heterocycles. The summed E-state index contributed by atoms with van der Waals surface area (Å²) >= 11 is 0.816. The third kappa shape index (κ3) is 3.41. The summed E-state index contributed by atoms with van der Waals surface area (Å²) in [7, 11) is 0. The summed E-state index contributed by atoms with van der Waals surface area (Å²) in [6, 6.07) is 11.9. The van der Waals surface area contributed by atoms with Crippen LogP contribution in [-0.4, -0.2) is 17.1 Å². The maximum Gasteiger partial charge on any atom is 0.432 e. The van der Waals surface area contributed by atoms with Crippen molar-refractivity contribution in [3.63, 3.8) is 0 Å². The Kier molecular flexibility index (Phi) is 4.28. The van der Waals surface area contributed by atoms with Gasteiger partial charge in [-0.3, -0.25) is 0 Å². The normalized spacial score (nSPS) is 13.0. The number of ether oxygens (including phenoxy) is 1. The van der Waals surface area contributed by atoms with Crippen molar-refractivity contribution in [2.24, 2.45) is 0 Å². The fourth-order valence-corrected chi connectivity index (χ4v) is 3.09. The Morgan fingerprint density at radius 3 is 2.50 bits per heavy atom. The number of alkyl halides is 3. The first-order valence-corrected chi connectivity index (χ1v) is 7.91. The van der Waals surface area contributed by atoms with E-state index >= 15 is 0 Å². The highest BCUT2D eigenvalue weighted by atomic mass is 32.1. The number of esters is 1. The Balaban J connectivity index is 1.89. The van der Waals surface area contributed by atoms with E-state index in [1.54, 1.807) is 25.1 Å². The Bertz CT molecular complexity index is 889. The molecule has 0 saturated heterocycles. The molecule has 0 spiro atoms. The van der Waals surface area contributed by atoms with Crippen molar-refractivity contribution < 1.29 is 22.7 Å². The summed E-state index contributed by atoms with van der Waals surface area (Å²) in [5.41, 5.74) is 0.516. The van der Waals surface area contributed by atoms with Crippen LogP contribution in [0.1, 0.15) is 27.2 Å². The zero-order valence-corrected chi connectivity index (χ0v) is 13.3. The van der Waals surface area contributed by atoms with Gasteiger partial charge in [-0.05, 0) is 29.8 Å². The van der Waals surface area contributed by atoms with Gasteiger partial charge >= 0.3 is 12.1 Å². The van der Waals surface area contributed by atoms with Crippen molar-refractivity contribution in [2.45, 2.75) is 19.2 Å². The summed E-state index contributed by atoms with van der Waals surface area (Å²) in [4.78, 5) is 16.0. The highest BCUT2D eigenvalue weighted by Gasteiger charge is 2.46. The van der Waals surface area contributed by atoms with Crippen LogP contribution in [0.15, 0.2) is 47.8 Å². The van der Waals surface area contributed by atoms with E-state index in [1.165, 1.54) is 17.5 Å². The average Bonchev–Trinajstić information content (AvgIpc) is 2.96. The number of hydrogen-bond acceptors (Lipinski definition) is 4. The monoisotopic (exact) mass is 351 g/mol. The molecule has 0 amide bonds. The Hall–Kier alpha value is -2.41.